The van der Waals surface area contributed by atoms with Crippen LogP contribution in [-0.4, -0.2) is 30.4 Å². The highest BCUT2D eigenvalue weighted by Crippen LogP contribution is 1.69. The molecule has 4 heteroatoms. The molecule has 0 spiro atoms. The van der Waals surface area contributed by atoms with Crippen molar-refractivity contribution < 1.29 is 13.7 Å². The molecule has 0 unspecified atom stereocenters. The summed E-state index contributed by atoms with van der Waals surface area (Å²) in [6.45, 7) is 3.65. The lowest BCUT2D eigenvalue weighted by molar-refractivity contribution is -0.140. The van der Waals surface area contributed by atoms with Crippen LogP contribution in [-0.2, 0) is 20.2 Å². The molecular formula is C6H16O3S. The van der Waals surface area contributed by atoms with E-state index < -0.39 is 10.7 Å². The van der Waals surface area contributed by atoms with Gasteiger partial charge in [0.2, 0.25) is 0 Å². The lowest BCUT2D eigenvalue weighted by Crippen LogP contribution is -1.95. The molecule has 0 aromatic carbocycles. The summed E-state index contributed by atoms with van der Waals surface area (Å²) in [5.74, 6) is -0.211. The van der Waals surface area contributed by atoms with Crippen LogP contribution in [0.15, 0.2) is 0 Å². The third kappa shape index (κ3) is 48.6. The Hall–Kier alpha value is -0.380. The Labute approximate surface area is 65.3 Å². The monoisotopic (exact) mass is 169 g/mol. The van der Waals surface area contributed by atoms with Gasteiger partial charge in [0.15, 0.2) is 0 Å². The Bertz CT molecular complexity index is 144. The standard InChI is InChI=1S/C4H8O2.C2H8OS/c1-3-6-4(2)5;1-4(2)3/h3H2,1-2H3;4H2,1-2H3/i;4D. The van der Waals surface area contributed by atoms with Gasteiger partial charge in [-0.05, 0) is 19.4 Å². The zero-order chi connectivity index (χ0) is 9.49. The van der Waals surface area contributed by atoms with Crippen molar-refractivity contribution in [3.8, 4) is 0 Å². The maximum absolute atomic E-state index is 9.88. The maximum atomic E-state index is 9.88. The fraction of sp³-hybridized carbons (Fsp3) is 0.833. The highest BCUT2D eigenvalue weighted by molar-refractivity contribution is 7.83. The Morgan fingerprint density at radius 2 is 2.00 bits per heavy atom. The second-order valence-corrected chi connectivity index (χ2v) is 3.36. The molecule has 0 saturated carbocycles. The van der Waals surface area contributed by atoms with Gasteiger partial charge in [-0.3, -0.25) is 9.00 Å². The zero-order valence-corrected chi connectivity index (χ0v) is 7.77. The molecule has 0 aliphatic carbocycles. The van der Waals surface area contributed by atoms with E-state index in [1.165, 1.54) is 19.4 Å². The van der Waals surface area contributed by atoms with E-state index in [0.29, 0.717) is 6.61 Å². The molecule has 0 rings (SSSR count). The van der Waals surface area contributed by atoms with Crippen molar-refractivity contribution in [1.82, 2.24) is 0 Å². The van der Waals surface area contributed by atoms with Gasteiger partial charge < -0.3 is 4.74 Å². The normalized spacial score (nSPS) is 12.2. The predicted octanol–water partition coefficient (Wildman–Crippen LogP) is 0.0287. The van der Waals surface area contributed by atoms with E-state index in [-0.39, 0.29) is 5.97 Å². The third-order valence-corrected chi connectivity index (χ3v) is 0.348. The lowest BCUT2D eigenvalue weighted by Gasteiger charge is -1.89. The first-order valence-electron chi connectivity index (χ1n) is 3.43. The summed E-state index contributed by atoms with van der Waals surface area (Å²) in [4.78, 5) is 9.82. The molecule has 0 amide bonds. The van der Waals surface area contributed by atoms with E-state index in [0.717, 1.165) is 0 Å². The number of ether oxygens (including phenoxy) is 1. The SMILES string of the molecule is CCOC(C)=O.[2H][SH](C)(C)=O. The summed E-state index contributed by atoms with van der Waals surface area (Å²) in [5.41, 5.74) is 0. The van der Waals surface area contributed by atoms with Crippen LogP contribution in [0.25, 0.3) is 0 Å². The molecule has 0 atom stereocenters. The number of carbonyl (C=O) groups excluding carboxylic acids is 1. The van der Waals surface area contributed by atoms with Crippen molar-refractivity contribution in [3.05, 3.63) is 0 Å². The number of hydrogen-bond donors (Lipinski definition) is 0. The first-order valence-corrected chi connectivity index (χ1v) is 5.14. The number of esters is 1. The summed E-state index contributed by atoms with van der Waals surface area (Å²) in [5, 5.41) is 0. The second kappa shape index (κ2) is 8.62. The van der Waals surface area contributed by atoms with E-state index in [1.807, 2.05) is 0 Å². The Morgan fingerprint density at radius 3 is 2.00 bits per heavy atom. The van der Waals surface area contributed by atoms with Gasteiger partial charge in [-0.2, -0.15) is 0 Å². The van der Waals surface area contributed by atoms with Gasteiger partial charge in [0.1, 0.15) is 1.12 Å². The molecule has 0 heterocycles. The molecule has 0 aliphatic rings. The highest BCUT2D eigenvalue weighted by Gasteiger charge is 1.81. The maximum Gasteiger partial charge on any atom is 0.302 e. The molecule has 0 bridgehead atoms. The first-order chi connectivity index (χ1) is 4.77. The van der Waals surface area contributed by atoms with Gasteiger partial charge in [-0.25, -0.2) is 0 Å². The molecule has 3 nitrogen and oxygen atoms in total. The van der Waals surface area contributed by atoms with Crippen LogP contribution in [0, 0.1) is 0 Å². The molecular weight excluding hydrogens is 152 g/mol. The van der Waals surface area contributed by atoms with Crippen LogP contribution in [0.1, 0.15) is 13.8 Å². The van der Waals surface area contributed by atoms with E-state index in [1.54, 1.807) is 6.92 Å². The molecule has 0 aromatic rings. The van der Waals surface area contributed by atoms with Crippen LogP contribution in [0.3, 0.4) is 0 Å². The van der Waals surface area contributed by atoms with Gasteiger partial charge >= 0.3 is 5.97 Å². The van der Waals surface area contributed by atoms with E-state index in [9.17, 15) is 9.00 Å². The van der Waals surface area contributed by atoms with Crippen LogP contribution in [0.2, 0.25) is 0 Å². The fourth-order valence-corrected chi connectivity index (χ4v) is 0.203. The fourth-order valence-electron chi connectivity index (χ4n) is 0.203. The van der Waals surface area contributed by atoms with E-state index in [2.05, 4.69) is 4.74 Å². The molecule has 0 N–H and O–H groups in total. The summed E-state index contributed by atoms with van der Waals surface area (Å²) in [6, 6.07) is 0. The van der Waals surface area contributed by atoms with Gasteiger partial charge in [-0.15, -0.1) is 10.7 Å². The molecule has 0 fully saturated rings. The average molecular weight is 169 g/mol. The number of carbonyl (C=O) groups is 1. The predicted molar refractivity (Wildman–Crippen MR) is 45.1 cm³/mol. The summed E-state index contributed by atoms with van der Waals surface area (Å²) < 4.78 is 20.8. The molecule has 64 valence electrons. The van der Waals surface area contributed by atoms with Crippen molar-refractivity contribution in [2.24, 2.45) is 0 Å². The Morgan fingerprint density at radius 1 is 1.70 bits per heavy atom. The molecule has 0 aliphatic heterocycles. The van der Waals surface area contributed by atoms with Gasteiger partial charge in [0.25, 0.3) is 0 Å². The van der Waals surface area contributed by atoms with E-state index in [4.69, 9.17) is 1.12 Å². The average Bonchev–Trinajstić information content (AvgIpc) is 1.58. The van der Waals surface area contributed by atoms with Crippen molar-refractivity contribution in [1.29, 1.82) is 1.12 Å². The van der Waals surface area contributed by atoms with Crippen molar-refractivity contribution in [3.63, 3.8) is 0 Å². The summed E-state index contributed by atoms with van der Waals surface area (Å²) in [7, 11) is -2.39. The molecule has 0 saturated heterocycles. The van der Waals surface area contributed by atoms with E-state index >= 15 is 0 Å². The van der Waals surface area contributed by atoms with Crippen molar-refractivity contribution in [2.45, 2.75) is 13.8 Å². The quantitative estimate of drug-likeness (QED) is 0.520. The Kier molecular flexibility index (Phi) is 8.29. The van der Waals surface area contributed by atoms with Crippen LogP contribution in [0.4, 0.5) is 0 Å². The first kappa shape index (κ1) is 9.62. The van der Waals surface area contributed by atoms with Gasteiger partial charge in [-0.1, -0.05) is 0 Å². The Balaban J connectivity index is 0. The zero-order valence-electron chi connectivity index (χ0n) is 7.88. The van der Waals surface area contributed by atoms with Crippen molar-refractivity contribution >= 4 is 16.7 Å². The molecule has 10 heavy (non-hydrogen) atoms. The number of hydrogen-bond acceptors (Lipinski definition) is 3. The number of rotatable bonds is 1. The second-order valence-electron chi connectivity index (χ2n) is 1.74. The van der Waals surface area contributed by atoms with Crippen LogP contribution < -0.4 is 0 Å². The van der Waals surface area contributed by atoms with Gasteiger partial charge in [0.05, 0.1) is 6.61 Å². The third-order valence-electron chi connectivity index (χ3n) is 0.348. The van der Waals surface area contributed by atoms with Crippen LogP contribution in [0.5, 0.6) is 0 Å². The smallest absolute Gasteiger partial charge is 0.302 e. The highest BCUT2D eigenvalue weighted by atomic mass is 32.2. The minimum absolute atomic E-state index is 0.211. The van der Waals surface area contributed by atoms with Gasteiger partial charge in [0, 0.05) is 6.92 Å². The molecule has 0 aromatic heterocycles. The largest absolute Gasteiger partial charge is 0.466 e. The topological polar surface area (TPSA) is 43.4 Å². The molecule has 0 radical (unpaired) electrons. The minimum atomic E-state index is -2.39. The summed E-state index contributed by atoms with van der Waals surface area (Å²) in [6.07, 6.45) is 2.82. The lowest BCUT2D eigenvalue weighted by atomic mass is 10.8. The minimum Gasteiger partial charge on any atom is -0.466 e. The van der Waals surface area contributed by atoms with Crippen LogP contribution >= 0.6 is 0 Å². The summed E-state index contributed by atoms with van der Waals surface area (Å²) >= 11 is 0. The van der Waals surface area contributed by atoms with Crippen molar-refractivity contribution in [2.75, 3.05) is 19.1 Å².